The Hall–Kier alpha value is -2.05. The van der Waals surface area contributed by atoms with Crippen LogP contribution in [0.25, 0.3) is 11.4 Å². The molecule has 0 bridgehead atoms. The minimum Gasteiger partial charge on any atom is -0.497 e. The SMILES string of the molecule is C=CCn1c(SCc2cccs2)nnc1-c1ccc(OC)cc1. The Labute approximate surface area is 143 Å². The Balaban J connectivity index is 1.86. The summed E-state index contributed by atoms with van der Waals surface area (Å²) < 4.78 is 7.30. The van der Waals surface area contributed by atoms with Gasteiger partial charge in [-0.3, -0.25) is 4.57 Å². The van der Waals surface area contributed by atoms with Gasteiger partial charge in [0, 0.05) is 22.7 Å². The van der Waals surface area contributed by atoms with Crippen molar-refractivity contribution in [1.29, 1.82) is 0 Å². The van der Waals surface area contributed by atoms with Crippen molar-refractivity contribution in [2.45, 2.75) is 17.5 Å². The van der Waals surface area contributed by atoms with Gasteiger partial charge in [0.15, 0.2) is 11.0 Å². The number of hydrogen-bond donors (Lipinski definition) is 0. The molecule has 0 fully saturated rings. The highest BCUT2D eigenvalue weighted by atomic mass is 32.2. The second kappa shape index (κ2) is 7.48. The summed E-state index contributed by atoms with van der Waals surface area (Å²) in [5.41, 5.74) is 1.02. The fourth-order valence-electron chi connectivity index (χ4n) is 2.17. The van der Waals surface area contributed by atoms with Crippen molar-refractivity contribution in [2.24, 2.45) is 0 Å². The monoisotopic (exact) mass is 343 g/mol. The highest BCUT2D eigenvalue weighted by Gasteiger charge is 2.13. The van der Waals surface area contributed by atoms with Crippen LogP contribution in [0.3, 0.4) is 0 Å². The van der Waals surface area contributed by atoms with Crippen LogP contribution in [0.5, 0.6) is 5.75 Å². The van der Waals surface area contributed by atoms with Gasteiger partial charge in [0.1, 0.15) is 5.75 Å². The maximum atomic E-state index is 5.21. The first kappa shape index (κ1) is 15.8. The molecule has 0 aliphatic rings. The number of thioether (sulfide) groups is 1. The molecule has 6 heteroatoms. The van der Waals surface area contributed by atoms with Crippen molar-refractivity contribution in [3.05, 3.63) is 59.3 Å². The molecule has 0 radical (unpaired) electrons. The lowest BCUT2D eigenvalue weighted by Gasteiger charge is -2.08. The maximum Gasteiger partial charge on any atom is 0.192 e. The number of thiophene rings is 1. The molecule has 0 aliphatic heterocycles. The summed E-state index contributed by atoms with van der Waals surface area (Å²) in [7, 11) is 1.66. The zero-order valence-corrected chi connectivity index (χ0v) is 14.4. The number of hydrogen-bond acceptors (Lipinski definition) is 5. The molecule has 0 atom stereocenters. The molecule has 0 saturated heterocycles. The van der Waals surface area contributed by atoms with Crippen molar-refractivity contribution < 1.29 is 4.74 Å². The number of rotatable bonds is 7. The van der Waals surface area contributed by atoms with Crippen LogP contribution < -0.4 is 4.74 Å². The lowest BCUT2D eigenvalue weighted by molar-refractivity contribution is 0.415. The summed E-state index contributed by atoms with van der Waals surface area (Å²) in [4.78, 5) is 1.33. The summed E-state index contributed by atoms with van der Waals surface area (Å²) in [5.74, 6) is 2.58. The molecule has 2 aromatic heterocycles. The van der Waals surface area contributed by atoms with E-state index < -0.39 is 0 Å². The van der Waals surface area contributed by atoms with E-state index in [1.165, 1.54) is 4.88 Å². The van der Waals surface area contributed by atoms with E-state index in [0.29, 0.717) is 6.54 Å². The van der Waals surface area contributed by atoms with E-state index in [-0.39, 0.29) is 0 Å². The van der Waals surface area contributed by atoms with Crippen molar-refractivity contribution in [3.8, 4) is 17.1 Å². The average Bonchev–Trinajstić information content (AvgIpc) is 3.23. The fraction of sp³-hybridized carbons (Fsp3) is 0.176. The lowest BCUT2D eigenvalue weighted by atomic mass is 10.2. The van der Waals surface area contributed by atoms with Crippen molar-refractivity contribution in [2.75, 3.05) is 7.11 Å². The zero-order valence-electron chi connectivity index (χ0n) is 12.8. The smallest absolute Gasteiger partial charge is 0.192 e. The zero-order chi connectivity index (χ0) is 16.1. The Morgan fingerprint density at radius 2 is 2.09 bits per heavy atom. The minimum atomic E-state index is 0.682. The quantitative estimate of drug-likeness (QED) is 0.468. The third-order valence-electron chi connectivity index (χ3n) is 3.30. The van der Waals surface area contributed by atoms with Crippen LogP contribution in [0.2, 0.25) is 0 Å². The largest absolute Gasteiger partial charge is 0.497 e. The van der Waals surface area contributed by atoms with Crippen LogP contribution in [0.4, 0.5) is 0 Å². The van der Waals surface area contributed by atoms with Gasteiger partial charge in [-0.1, -0.05) is 23.9 Å². The number of ether oxygens (including phenoxy) is 1. The van der Waals surface area contributed by atoms with E-state index in [1.54, 1.807) is 30.2 Å². The van der Waals surface area contributed by atoms with Crippen LogP contribution in [0.15, 0.2) is 59.6 Å². The van der Waals surface area contributed by atoms with Crippen molar-refractivity contribution in [1.82, 2.24) is 14.8 Å². The van der Waals surface area contributed by atoms with E-state index in [1.807, 2.05) is 30.3 Å². The van der Waals surface area contributed by atoms with Gasteiger partial charge < -0.3 is 4.74 Å². The molecule has 0 aliphatic carbocycles. The summed E-state index contributed by atoms with van der Waals surface area (Å²) in [5, 5.41) is 11.7. The topological polar surface area (TPSA) is 39.9 Å². The molecule has 0 amide bonds. The number of nitrogens with zero attached hydrogens (tertiary/aromatic N) is 3. The predicted molar refractivity (Wildman–Crippen MR) is 96.1 cm³/mol. The molecule has 0 saturated carbocycles. The van der Waals surface area contributed by atoms with Crippen LogP contribution in [0, 0.1) is 0 Å². The summed E-state index contributed by atoms with van der Waals surface area (Å²) in [6, 6.07) is 12.1. The predicted octanol–water partition coefficient (Wildman–Crippen LogP) is 4.49. The van der Waals surface area contributed by atoms with Crippen LogP contribution in [0.1, 0.15) is 4.88 Å². The fourth-order valence-corrected chi connectivity index (χ4v) is 3.89. The van der Waals surface area contributed by atoms with Gasteiger partial charge in [-0.05, 0) is 35.7 Å². The first-order valence-electron chi connectivity index (χ1n) is 7.15. The van der Waals surface area contributed by atoms with E-state index in [9.17, 15) is 0 Å². The van der Waals surface area contributed by atoms with Crippen molar-refractivity contribution in [3.63, 3.8) is 0 Å². The Morgan fingerprint density at radius 1 is 1.26 bits per heavy atom. The molecule has 23 heavy (non-hydrogen) atoms. The second-order valence-corrected chi connectivity index (χ2v) is 6.78. The van der Waals surface area contributed by atoms with Gasteiger partial charge in [-0.15, -0.1) is 28.1 Å². The molecule has 0 spiro atoms. The number of allylic oxidation sites excluding steroid dienone is 1. The Kier molecular flexibility index (Phi) is 5.15. The minimum absolute atomic E-state index is 0.682. The molecule has 0 N–H and O–H groups in total. The maximum absolute atomic E-state index is 5.21. The summed E-state index contributed by atoms with van der Waals surface area (Å²) in [6.07, 6.45) is 1.87. The summed E-state index contributed by atoms with van der Waals surface area (Å²) >= 11 is 3.45. The highest BCUT2D eigenvalue weighted by Crippen LogP contribution is 2.28. The van der Waals surface area contributed by atoms with Crippen LogP contribution in [-0.4, -0.2) is 21.9 Å². The summed E-state index contributed by atoms with van der Waals surface area (Å²) in [6.45, 7) is 4.53. The Bertz CT molecular complexity index is 764. The number of methoxy groups -OCH3 is 1. The first-order valence-corrected chi connectivity index (χ1v) is 9.02. The standard InChI is InChI=1S/C17H17N3OS2/c1-3-10-20-16(13-6-8-14(21-2)9-7-13)18-19-17(20)23-12-15-5-4-11-22-15/h3-9,11H,1,10,12H2,2H3. The lowest BCUT2D eigenvalue weighted by Crippen LogP contribution is -2.00. The Morgan fingerprint density at radius 3 is 2.74 bits per heavy atom. The molecule has 118 valence electrons. The normalized spacial score (nSPS) is 10.7. The van der Waals surface area contributed by atoms with Crippen LogP contribution in [-0.2, 0) is 12.3 Å². The number of aromatic nitrogens is 3. The molecule has 2 heterocycles. The second-order valence-electron chi connectivity index (χ2n) is 4.80. The first-order chi connectivity index (χ1) is 11.3. The molecular formula is C17H17N3OS2. The van der Waals surface area contributed by atoms with E-state index in [4.69, 9.17) is 4.74 Å². The van der Waals surface area contributed by atoms with Gasteiger partial charge in [-0.25, -0.2) is 0 Å². The van der Waals surface area contributed by atoms with Gasteiger partial charge in [0.05, 0.1) is 7.11 Å². The molecule has 3 aromatic rings. The van der Waals surface area contributed by atoms with Gasteiger partial charge in [-0.2, -0.15) is 0 Å². The van der Waals surface area contributed by atoms with E-state index in [2.05, 4.69) is 38.9 Å². The number of benzene rings is 1. The molecule has 0 unspecified atom stereocenters. The third-order valence-corrected chi connectivity index (χ3v) is 5.38. The van der Waals surface area contributed by atoms with Crippen molar-refractivity contribution >= 4 is 23.1 Å². The molecule has 4 nitrogen and oxygen atoms in total. The third kappa shape index (κ3) is 3.65. The highest BCUT2D eigenvalue weighted by molar-refractivity contribution is 7.98. The molecular weight excluding hydrogens is 326 g/mol. The molecule has 1 aromatic carbocycles. The van der Waals surface area contributed by atoms with Crippen LogP contribution >= 0.6 is 23.1 Å². The van der Waals surface area contributed by atoms with E-state index in [0.717, 1.165) is 28.0 Å². The van der Waals surface area contributed by atoms with Gasteiger partial charge >= 0.3 is 0 Å². The van der Waals surface area contributed by atoms with Gasteiger partial charge in [0.25, 0.3) is 0 Å². The van der Waals surface area contributed by atoms with Gasteiger partial charge in [0.2, 0.25) is 0 Å². The van der Waals surface area contributed by atoms with E-state index >= 15 is 0 Å². The molecule has 3 rings (SSSR count). The average molecular weight is 343 g/mol.